The van der Waals surface area contributed by atoms with Crippen LogP contribution in [0.2, 0.25) is 0 Å². The molecule has 1 aromatic rings. The lowest BCUT2D eigenvalue weighted by atomic mass is 9.92. The summed E-state index contributed by atoms with van der Waals surface area (Å²) in [7, 11) is 0. The first-order valence-electron chi connectivity index (χ1n) is 7.04. The summed E-state index contributed by atoms with van der Waals surface area (Å²) in [4.78, 5) is 12.3. The quantitative estimate of drug-likeness (QED) is 0.855. The van der Waals surface area contributed by atoms with Crippen LogP contribution in [0.4, 0.5) is 0 Å². The third-order valence-corrected chi connectivity index (χ3v) is 3.93. The van der Waals surface area contributed by atoms with Crippen LogP contribution in [0.3, 0.4) is 0 Å². The Bertz CT molecular complexity index is 464. The average molecular weight is 278 g/mol. The third kappa shape index (κ3) is 2.88. The van der Waals surface area contributed by atoms with Gasteiger partial charge in [-0.05, 0) is 25.0 Å². The van der Waals surface area contributed by atoms with Gasteiger partial charge in [-0.25, -0.2) is 0 Å². The van der Waals surface area contributed by atoms with Gasteiger partial charge in [0.05, 0.1) is 5.54 Å². The number of fused-ring (bicyclic) bond motifs is 1. The zero-order chi connectivity index (χ0) is 14.6. The van der Waals surface area contributed by atoms with Crippen molar-refractivity contribution in [3.8, 4) is 11.5 Å². The Morgan fingerprint density at radius 2 is 2.00 bits per heavy atom. The molecular weight excluding hydrogens is 256 g/mol. The lowest BCUT2D eigenvalue weighted by Gasteiger charge is -2.34. The SMILES string of the molecule is CCC(CC)(CN)NC(=O)C1COc2ccccc2O1. The molecule has 1 heterocycles. The number of para-hydroxylation sites is 2. The molecule has 0 radical (unpaired) electrons. The normalized spacial score (nSPS) is 17.6. The summed E-state index contributed by atoms with van der Waals surface area (Å²) in [5.74, 6) is 1.10. The van der Waals surface area contributed by atoms with Gasteiger partial charge in [-0.15, -0.1) is 0 Å². The molecular formula is C15H22N2O3. The second-order valence-corrected chi connectivity index (χ2v) is 5.05. The molecule has 3 N–H and O–H groups in total. The minimum Gasteiger partial charge on any atom is -0.485 e. The Balaban J connectivity index is 2.05. The largest absolute Gasteiger partial charge is 0.485 e. The zero-order valence-corrected chi connectivity index (χ0v) is 12.0. The number of rotatable bonds is 5. The first kappa shape index (κ1) is 14.7. The van der Waals surface area contributed by atoms with Crippen molar-refractivity contribution < 1.29 is 14.3 Å². The van der Waals surface area contributed by atoms with Crippen LogP contribution in [-0.4, -0.2) is 30.7 Å². The molecule has 1 amide bonds. The van der Waals surface area contributed by atoms with Gasteiger partial charge in [-0.1, -0.05) is 26.0 Å². The van der Waals surface area contributed by atoms with Gasteiger partial charge in [-0.3, -0.25) is 4.79 Å². The molecule has 5 nitrogen and oxygen atoms in total. The maximum Gasteiger partial charge on any atom is 0.265 e. The molecule has 1 aliphatic rings. The molecule has 1 aromatic carbocycles. The van der Waals surface area contributed by atoms with E-state index in [9.17, 15) is 4.79 Å². The summed E-state index contributed by atoms with van der Waals surface area (Å²) in [6.07, 6.45) is 0.945. The maximum absolute atomic E-state index is 12.3. The molecule has 1 unspecified atom stereocenters. The average Bonchev–Trinajstić information content (AvgIpc) is 2.52. The van der Waals surface area contributed by atoms with Crippen molar-refractivity contribution in [3.05, 3.63) is 24.3 Å². The summed E-state index contributed by atoms with van der Waals surface area (Å²) < 4.78 is 11.3. The summed E-state index contributed by atoms with van der Waals surface area (Å²) in [5.41, 5.74) is 5.43. The van der Waals surface area contributed by atoms with Gasteiger partial charge in [0.15, 0.2) is 11.5 Å². The Morgan fingerprint density at radius 1 is 1.35 bits per heavy atom. The van der Waals surface area contributed by atoms with Gasteiger partial charge < -0.3 is 20.5 Å². The number of amides is 1. The number of carbonyl (C=O) groups excluding carboxylic acids is 1. The molecule has 2 rings (SSSR count). The van der Waals surface area contributed by atoms with Crippen molar-refractivity contribution in [2.75, 3.05) is 13.2 Å². The molecule has 5 heteroatoms. The molecule has 0 bridgehead atoms. The van der Waals surface area contributed by atoms with Crippen LogP contribution in [0.15, 0.2) is 24.3 Å². The van der Waals surface area contributed by atoms with Crippen molar-refractivity contribution >= 4 is 5.91 Å². The highest BCUT2D eigenvalue weighted by atomic mass is 16.6. The van der Waals surface area contributed by atoms with Crippen LogP contribution >= 0.6 is 0 Å². The van der Waals surface area contributed by atoms with Crippen LogP contribution in [0.25, 0.3) is 0 Å². The highest BCUT2D eigenvalue weighted by Crippen LogP contribution is 2.31. The van der Waals surface area contributed by atoms with E-state index < -0.39 is 6.10 Å². The van der Waals surface area contributed by atoms with Crippen molar-refractivity contribution in [2.24, 2.45) is 5.73 Å². The Hall–Kier alpha value is -1.75. The first-order chi connectivity index (χ1) is 9.64. The van der Waals surface area contributed by atoms with Crippen LogP contribution in [-0.2, 0) is 4.79 Å². The molecule has 0 spiro atoms. The molecule has 0 saturated heterocycles. The Labute approximate surface area is 119 Å². The third-order valence-electron chi connectivity index (χ3n) is 3.93. The van der Waals surface area contributed by atoms with Crippen molar-refractivity contribution in [3.63, 3.8) is 0 Å². The van der Waals surface area contributed by atoms with E-state index in [0.717, 1.165) is 12.8 Å². The van der Waals surface area contributed by atoms with Gasteiger partial charge in [0.2, 0.25) is 6.10 Å². The summed E-state index contributed by atoms with van der Waals surface area (Å²) in [6, 6.07) is 7.34. The van der Waals surface area contributed by atoms with E-state index in [4.69, 9.17) is 15.2 Å². The van der Waals surface area contributed by atoms with E-state index in [1.165, 1.54) is 0 Å². The minimum absolute atomic E-state index is 0.173. The standard InChI is InChI=1S/C15H22N2O3/c1-3-15(4-2,10-16)17-14(18)13-9-19-11-7-5-6-8-12(11)20-13/h5-8,13H,3-4,9-10,16H2,1-2H3,(H,17,18). The van der Waals surface area contributed by atoms with Crippen LogP contribution in [0.5, 0.6) is 11.5 Å². The van der Waals surface area contributed by atoms with E-state index in [1.54, 1.807) is 6.07 Å². The number of ether oxygens (including phenoxy) is 2. The van der Waals surface area contributed by atoms with E-state index in [-0.39, 0.29) is 18.1 Å². The monoisotopic (exact) mass is 278 g/mol. The predicted molar refractivity (Wildman–Crippen MR) is 76.9 cm³/mol. The smallest absolute Gasteiger partial charge is 0.265 e. The van der Waals surface area contributed by atoms with Crippen LogP contribution < -0.4 is 20.5 Å². The van der Waals surface area contributed by atoms with Gasteiger partial charge in [0.25, 0.3) is 5.91 Å². The maximum atomic E-state index is 12.3. The Morgan fingerprint density at radius 3 is 2.60 bits per heavy atom. The second kappa shape index (κ2) is 6.13. The molecule has 0 aliphatic carbocycles. The van der Waals surface area contributed by atoms with Gasteiger partial charge in [0, 0.05) is 6.54 Å². The first-order valence-corrected chi connectivity index (χ1v) is 7.04. The lowest BCUT2D eigenvalue weighted by molar-refractivity contribution is -0.132. The van der Waals surface area contributed by atoms with Crippen molar-refractivity contribution in [2.45, 2.75) is 38.3 Å². The second-order valence-electron chi connectivity index (χ2n) is 5.05. The van der Waals surface area contributed by atoms with E-state index in [0.29, 0.717) is 18.0 Å². The van der Waals surface area contributed by atoms with Crippen LogP contribution in [0.1, 0.15) is 26.7 Å². The molecule has 1 atom stereocenters. The molecule has 0 aromatic heterocycles. The number of hydrogen-bond acceptors (Lipinski definition) is 4. The number of nitrogens with one attached hydrogen (secondary N) is 1. The molecule has 110 valence electrons. The number of hydrogen-bond donors (Lipinski definition) is 2. The van der Waals surface area contributed by atoms with E-state index in [2.05, 4.69) is 5.32 Å². The highest BCUT2D eigenvalue weighted by Gasteiger charge is 2.33. The summed E-state index contributed by atoms with van der Waals surface area (Å²) >= 11 is 0. The fourth-order valence-corrected chi connectivity index (χ4v) is 2.26. The van der Waals surface area contributed by atoms with E-state index >= 15 is 0 Å². The fraction of sp³-hybridized carbons (Fsp3) is 0.533. The molecule has 1 aliphatic heterocycles. The van der Waals surface area contributed by atoms with Gasteiger partial charge in [-0.2, -0.15) is 0 Å². The molecule has 0 fully saturated rings. The zero-order valence-electron chi connectivity index (χ0n) is 12.0. The number of benzene rings is 1. The van der Waals surface area contributed by atoms with Gasteiger partial charge in [0.1, 0.15) is 6.61 Å². The summed E-state index contributed by atoms with van der Waals surface area (Å²) in [5, 5.41) is 3.01. The lowest BCUT2D eigenvalue weighted by Crippen LogP contribution is -2.57. The molecule has 20 heavy (non-hydrogen) atoms. The van der Waals surface area contributed by atoms with Crippen molar-refractivity contribution in [1.82, 2.24) is 5.32 Å². The summed E-state index contributed by atoms with van der Waals surface area (Å²) in [6.45, 7) is 4.67. The van der Waals surface area contributed by atoms with Gasteiger partial charge >= 0.3 is 0 Å². The topological polar surface area (TPSA) is 73.6 Å². The van der Waals surface area contributed by atoms with Crippen LogP contribution in [0, 0.1) is 0 Å². The highest BCUT2D eigenvalue weighted by molar-refractivity contribution is 5.82. The molecule has 0 saturated carbocycles. The Kier molecular flexibility index (Phi) is 4.49. The predicted octanol–water partition coefficient (Wildman–Crippen LogP) is 1.46. The fourth-order valence-electron chi connectivity index (χ4n) is 2.26. The van der Waals surface area contributed by atoms with E-state index in [1.807, 2.05) is 32.0 Å². The number of nitrogens with two attached hydrogens (primary N) is 1. The van der Waals surface area contributed by atoms with Crippen molar-refractivity contribution in [1.29, 1.82) is 0 Å². The number of carbonyl (C=O) groups is 1. The minimum atomic E-state index is -0.631.